The van der Waals surface area contributed by atoms with Gasteiger partial charge in [0.1, 0.15) is 0 Å². The molecule has 0 amide bonds. The third-order valence-corrected chi connectivity index (χ3v) is 13.9. The summed E-state index contributed by atoms with van der Waals surface area (Å²) in [5.74, 6) is 0. The normalized spacial score (nSPS) is 14.1. The lowest BCUT2D eigenvalue weighted by Gasteiger charge is -2.20. The number of fused-ring (bicyclic) bond motifs is 3. The van der Waals surface area contributed by atoms with Crippen molar-refractivity contribution in [2.45, 2.75) is 0 Å². The van der Waals surface area contributed by atoms with Gasteiger partial charge in [0.25, 0.3) is 0 Å². The van der Waals surface area contributed by atoms with Gasteiger partial charge in [0.15, 0.2) is 14.3 Å². The highest BCUT2D eigenvalue weighted by Gasteiger charge is 2.32. The zero-order chi connectivity index (χ0) is 33.1. The monoisotopic (exact) mass is 590 g/mol. The van der Waals surface area contributed by atoms with Crippen LogP contribution in [0.15, 0.2) is 158 Å². The fourth-order valence-electron chi connectivity index (χ4n) is 5.06. The van der Waals surface area contributed by atoms with E-state index in [9.17, 15) is 2.74 Å². The molecule has 1 heterocycles. The highest BCUT2D eigenvalue weighted by molar-refractivity contribution is 7.85. The molecular formula is C36H26O2P2S. The Morgan fingerprint density at radius 3 is 1.00 bits per heavy atom. The maximum atomic E-state index is 15.4. The highest BCUT2D eigenvalue weighted by Crippen LogP contribution is 2.46. The first-order chi connectivity index (χ1) is 22.6. The van der Waals surface area contributed by atoms with Crippen molar-refractivity contribution in [1.82, 2.24) is 0 Å². The summed E-state index contributed by atoms with van der Waals surface area (Å²) >= 11 is 0.959. The van der Waals surface area contributed by atoms with E-state index in [1.165, 1.54) is 0 Å². The summed E-state index contributed by atoms with van der Waals surface area (Å²) in [4.78, 5) is 0. The molecule has 7 aromatic rings. The van der Waals surface area contributed by atoms with E-state index in [2.05, 4.69) is 0 Å². The molecule has 1 aromatic heterocycles. The number of thiophene rings is 1. The lowest BCUT2D eigenvalue weighted by Crippen LogP contribution is -2.25. The number of rotatable bonds is 6. The van der Waals surface area contributed by atoms with E-state index in [0.29, 0.717) is 21.2 Å². The maximum Gasteiger partial charge on any atom is 0.171 e. The molecule has 0 atom stereocenters. The van der Waals surface area contributed by atoms with E-state index in [4.69, 9.17) is 5.48 Å². The Morgan fingerprint density at radius 2 is 0.707 bits per heavy atom. The summed E-state index contributed by atoms with van der Waals surface area (Å²) in [6.07, 6.45) is 0. The van der Waals surface area contributed by atoms with E-state index in [1.807, 2.05) is 0 Å². The zero-order valence-electron chi connectivity index (χ0n) is 27.7. The standard InChI is InChI=1S/C36H26O2P2S/c37-39(27-13-5-1-6-14-27,28-15-7-2-8-16-28)31-21-23-35-33(25-31)34-26-32(22-24-36(34)41-35)40(38,29-17-9-3-10-18-29)30-19-11-4-12-20-30/h1-26H/i21D,22D,23D,24D,25D,26D. The van der Waals surface area contributed by atoms with E-state index in [-0.39, 0.29) is 67.0 Å². The smallest absolute Gasteiger partial charge is 0.171 e. The average Bonchev–Trinajstić information content (AvgIpc) is 3.53. The largest absolute Gasteiger partial charge is 0.309 e. The molecule has 6 aromatic carbocycles. The molecule has 0 N–H and O–H groups in total. The molecule has 0 fully saturated rings. The number of hydrogen-bond acceptors (Lipinski definition) is 3. The molecule has 0 aliphatic rings. The van der Waals surface area contributed by atoms with Crippen LogP contribution in [0.4, 0.5) is 0 Å². The molecule has 0 spiro atoms. The minimum absolute atomic E-state index is 0.0977. The Hall–Kier alpha value is -4.00. The first-order valence-corrected chi connectivity index (χ1v) is 17.2. The number of hydrogen-bond donors (Lipinski definition) is 0. The van der Waals surface area contributed by atoms with E-state index in [1.54, 1.807) is 121 Å². The molecule has 7 rings (SSSR count). The van der Waals surface area contributed by atoms with E-state index in [0.717, 1.165) is 11.3 Å². The Labute approximate surface area is 252 Å². The molecule has 0 aliphatic heterocycles. The molecule has 5 heteroatoms. The Kier molecular flexibility index (Phi) is 5.08. The Bertz CT molecular complexity index is 2160. The van der Waals surface area contributed by atoms with Gasteiger partial charge in [-0.2, -0.15) is 0 Å². The van der Waals surface area contributed by atoms with Crippen LogP contribution in [0.1, 0.15) is 8.22 Å². The van der Waals surface area contributed by atoms with Crippen LogP contribution in [0.2, 0.25) is 0 Å². The van der Waals surface area contributed by atoms with Crippen molar-refractivity contribution in [1.29, 1.82) is 0 Å². The van der Waals surface area contributed by atoms with Crippen LogP contribution in [0.3, 0.4) is 0 Å². The van der Waals surface area contributed by atoms with Crippen LogP contribution in [-0.2, 0) is 9.13 Å². The SMILES string of the molecule is [2H]c1c(P(=O)(c2ccccc2)c2ccccc2)c([2H])c2c(sc3c([2H])c([2H])c(P(=O)(c4ccccc4)c4ccccc4)c([2H])c32)c1[2H]. The summed E-state index contributed by atoms with van der Waals surface area (Å²) in [6, 6.07) is 32.6. The summed E-state index contributed by atoms with van der Waals surface area (Å²) in [5.41, 5.74) is 0. The van der Waals surface area contributed by atoms with Crippen LogP contribution in [-0.4, -0.2) is 0 Å². The van der Waals surface area contributed by atoms with Crippen LogP contribution in [0.25, 0.3) is 20.2 Å². The minimum atomic E-state index is -3.90. The van der Waals surface area contributed by atoms with E-state index >= 15 is 9.13 Å². The molecule has 0 radical (unpaired) electrons. The highest BCUT2D eigenvalue weighted by atomic mass is 32.1. The van der Waals surface area contributed by atoms with Gasteiger partial charge in [-0.3, -0.25) is 0 Å². The van der Waals surface area contributed by atoms with Gasteiger partial charge in [-0.25, -0.2) is 0 Å². The third kappa shape index (κ3) is 4.33. The summed E-state index contributed by atoms with van der Waals surface area (Å²) in [7, 11) is -7.81. The molecule has 0 saturated heterocycles. The van der Waals surface area contributed by atoms with Crippen molar-refractivity contribution in [3.8, 4) is 0 Å². The predicted octanol–water partition coefficient (Wildman–Crippen LogP) is 7.33. The molecule has 0 bridgehead atoms. The molecule has 41 heavy (non-hydrogen) atoms. The predicted molar refractivity (Wildman–Crippen MR) is 178 cm³/mol. The fourth-order valence-corrected chi connectivity index (χ4v) is 10.9. The lowest BCUT2D eigenvalue weighted by molar-refractivity contribution is 0.591. The molecule has 198 valence electrons. The lowest BCUT2D eigenvalue weighted by atomic mass is 10.1. The molecular weight excluding hydrogens is 558 g/mol. The topological polar surface area (TPSA) is 34.1 Å². The van der Waals surface area contributed by atoms with Crippen molar-refractivity contribution >= 4 is 77.6 Å². The summed E-state index contributed by atoms with van der Waals surface area (Å²) in [6.45, 7) is 0. The van der Waals surface area contributed by atoms with Crippen LogP contribution >= 0.6 is 25.6 Å². The van der Waals surface area contributed by atoms with Crippen molar-refractivity contribution in [2.24, 2.45) is 0 Å². The van der Waals surface area contributed by atoms with Crippen molar-refractivity contribution < 1.29 is 17.4 Å². The van der Waals surface area contributed by atoms with Gasteiger partial charge in [0, 0.05) is 52.0 Å². The zero-order valence-corrected chi connectivity index (χ0v) is 24.3. The second-order valence-corrected chi connectivity index (χ2v) is 15.9. The van der Waals surface area contributed by atoms with Crippen LogP contribution < -0.4 is 31.8 Å². The van der Waals surface area contributed by atoms with Gasteiger partial charge < -0.3 is 9.13 Å². The van der Waals surface area contributed by atoms with Crippen molar-refractivity contribution in [3.63, 3.8) is 0 Å². The van der Waals surface area contributed by atoms with Crippen molar-refractivity contribution in [2.75, 3.05) is 0 Å². The first-order valence-electron chi connectivity index (χ1n) is 16.0. The molecule has 0 aliphatic carbocycles. The fraction of sp³-hybridized carbons (Fsp3) is 0. The third-order valence-electron chi connectivity index (χ3n) is 7.09. The van der Waals surface area contributed by atoms with Crippen molar-refractivity contribution in [3.05, 3.63) is 158 Å². The van der Waals surface area contributed by atoms with Gasteiger partial charge in [0.2, 0.25) is 0 Å². The first kappa shape index (κ1) is 20.0. The maximum absolute atomic E-state index is 15.4. The van der Waals surface area contributed by atoms with E-state index < -0.39 is 14.3 Å². The van der Waals surface area contributed by atoms with Gasteiger partial charge in [-0.1, -0.05) is 121 Å². The van der Waals surface area contributed by atoms with Gasteiger partial charge in [0.05, 0.1) is 8.22 Å². The average molecular weight is 591 g/mol. The molecule has 2 nitrogen and oxygen atoms in total. The minimum Gasteiger partial charge on any atom is -0.309 e. The van der Waals surface area contributed by atoms with Gasteiger partial charge >= 0.3 is 0 Å². The van der Waals surface area contributed by atoms with Gasteiger partial charge in [-0.05, 0) is 36.3 Å². The second kappa shape index (κ2) is 10.4. The number of benzene rings is 6. The second-order valence-electron chi connectivity index (χ2n) is 9.52. The van der Waals surface area contributed by atoms with Gasteiger partial charge in [-0.15, -0.1) is 11.3 Å². The van der Waals surface area contributed by atoms with Crippen LogP contribution in [0.5, 0.6) is 0 Å². The quantitative estimate of drug-likeness (QED) is 0.190. The Balaban J connectivity index is 1.65. The molecule has 0 saturated carbocycles. The van der Waals surface area contributed by atoms with Crippen LogP contribution in [0, 0.1) is 0 Å². The summed E-state index contributed by atoms with van der Waals surface area (Å²) in [5, 5.41) is 1.50. The molecule has 0 unspecified atom stereocenters. The Morgan fingerprint density at radius 1 is 0.415 bits per heavy atom. The summed E-state index contributed by atoms with van der Waals surface area (Å²) < 4.78 is 86.8.